The lowest BCUT2D eigenvalue weighted by Crippen LogP contribution is -2.17. The average Bonchev–Trinajstić information content (AvgIpc) is 2.91. The fourth-order valence-corrected chi connectivity index (χ4v) is 3.29. The molecule has 2 aromatic carbocycles. The molecule has 1 heterocycles. The van der Waals surface area contributed by atoms with Gasteiger partial charge in [-0.15, -0.1) is 0 Å². The van der Waals surface area contributed by atoms with Gasteiger partial charge < -0.3 is 10.2 Å². The van der Waals surface area contributed by atoms with E-state index in [0.29, 0.717) is 10.7 Å². The van der Waals surface area contributed by atoms with E-state index in [4.69, 9.17) is 10.2 Å². The number of benzene rings is 2. The van der Waals surface area contributed by atoms with Gasteiger partial charge in [-0.05, 0) is 30.3 Å². The normalized spacial score (nSPS) is 14.2. The third kappa shape index (κ3) is 3.04. The van der Waals surface area contributed by atoms with E-state index in [1.54, 1.807) is 6.07 Å². The first-order chi connectivity index (χ1) is 10.1. The van der Waals surface area contributed by atoms with Crippen LogP contribution >= 0.6 is 0 Å². The summed E-state index contributed by atoms with van der Waals surface area (Å²) < 4.78 is 31.0. The minimum atomic E-state index is -1.37. The lowest BCUT2D eigenvalue weighted by molar-refractivity contribution is 0.513. The number of furan rings is 1. The third-order valence-corrected chi connectivity index (χ3v) is 4.64. The summed E-state index contributed by atoms with van der Waals surface area (Å²) in [5, 5.41) is 0.958. The molecule has 21 heavy (non-hydrogen) atoms. The molecule has 0 aliphatic rings. The maximum Gasteiger partial charge on any atom is 0.134 e. The molecule has 0 radical (unpaired) electrons. The zero-order valence-electron chi connectivity index (χ0n) is 11.2. The molecule has 0 saturated heterocycles. The van der Waals surface area contributed by atoms with E-state index in [-0.39, 0.29) is 5.75 Å². The Morgan fingerprint density at radius 3 is 2.71 bits per heavy atom. The van der Waals surface area contributed by atoms with Gasteiger partial charge in [0.2, 0.25) is 0 Å². The average molecular weight is 303 g/mol. The molecule has 0 spiro atoms. The van der Waals surface area contributed by atoms with Crippen LogP contribution in [-0.4, -0.2) is 9.96 Å². The van der Waals surface area contributed by atoms with Crippen molar-refractivity contribution in [3.05, 3.63) is 66.2 Å². The zero-order valence-corrected chi connectivity index (χ0v) is 12.0. The molecule has 1 aromatic heterocycles. The molecule has 5 heteroatoms. The number of rotatable bonds is 4. The van der Waals surface area contributed by atoms with Crippen LogP contribution in [-0.2, 0) is 10.8 Å². The first-order valence-corrected chi connectivity index (χ1v) is 7.83. The molecule has 0 bridgehead atoms. The van der Waals surface area contributed by atoms with Crippen LogP contribution in [0.4, 0.5) is 4.39 Å². The Bertz CT molecular complexity index is 767. The van der Waals surface area contributed by atoms with Crippen molar-refractivity contribution in [2.75, 3.05) is 5.75 Å². The molecule has 0 aliphatic heterocycles. The molecule has 3 nitrogen and oxygen atoms in total. The lowest BCUT2D eigenvalue weighted by Gasteiger charge is -2.08. The monoisotopic (exact) mass is 303 g/mol. The van der Waals surface area contributed by atoms with E-state index in [1.165, 1.54) is 18.2 Å². The summed E-state index contributed by atoms with van der Waals surface area (Å²) in [7, 11) is -1.37. The summed E-state index contributed by atoms with van der Waals surface area (Å²) in [5.74, 6) is 0.364. The molecule has 108 valence electrons. The maximum atomic E-state index is 13.1. The van der Waals surface area contributed by atoms with Crippen LogP contribution in [0.3, 0.4) is 0 Å². The number of hydrogen-bond acceptors (Lipinski definition) is 3. The first-order valence-electron chi connectivity index (χ1n) is 6.51. The molecule has 0 aliphatic carbocycles. The summed E-state index contributed by atoms with van der Waals surface area (Å²) in [5.41, 5.74) is 6.80. The Hall–Kier alpha value is -1.98. The number of nitrogens with two attached hydrogens (primary N) is 1. The second kappa shape index (κ2) is 5.79. The Kier molecular flexibility index (Phi) is 3.86. The van der Waals surface area contributed by atoms with Gasteiger partial charge in [-0.3, -0.25) is 4.21 Å². The Labute approximate surface area is 124 Å². The van der Waals surface area contributed by atoms with Gasteiger partial charge in [0.1, 0.15) is 17.2 Å². The number of halogens is 1. The highest BCUT2D eigenvalue weighted by molar-refractivity contribution is 7.85. The predicted octanol–water partition coefficient (Wildman–Crippen LogP) is 3.38. The van der Waals surface area contributed by atoms with Crippen molar-refractivity contribution in [1.82, 2.24) is 0 Å². The van der Waals surface area contributed by atoms with E-state index in [1.807, 2.05) is 30.3 Å². The Morgan fingerprint density at radius 2 is 1.95 bits per heavy atom. The highest BCUT2D eigenvalue weighted by atomic mass is 32.2. The van der Waals surface area contributed by atoms with Crippen LogP contribution in [0.25, 0.3) is 11.0 Å². The van der Waals surface area contributed by atoms with Crippen molar-refractivity contribution in [3.63, 3.8) is 0 Å². The predicted molar refractivity (Wildman–Crippen MR) is 80.8 cm³/mol. The minimum absolute atomic E-state index is 0.184. The number of hydrogen-bond donors (Lipinski definition) is 1. The minimum Gasteiger partial charge on any atom is -0.459 e. The van der Waals surface area contributed by atoms with E-state index in [2.05, 4.69) is 0 Å². The molecule has 0 fully saturated rings. The van der Waals surface area contributed by atoms with Gasteiger partial charge in [0.25, 0.3) is 0 Å². The summed E-state index contributed by atoms with van der Waals surface area (Å²) in [6, 6.07) is 14.7. The largest absolute Gasteiger partial charge is 0.459 e. The van der Waals surface area contributed by atoms with Gasteiger partial charge in [-0.2, -0.15) is 0 Å². The van der Waals surface area contributed by atoms with Gasteiger partial charge in [0.05, 0.1) is 22.6 Å². The highest BCUT2D eigenvalue weighted by Crippen LogP contribution is 2.24. The number of fused-ring (bicyclic) bond motifs is 1. The van der Waals surface area contributed by atoms with E-state index in [9.17, 15) is 8.60 Å². The fourth-order valence-electron chi connectivity index (χ4n) is 2.14. The first kappa shape index (κ1) is 14.0. The molecule has 0 saturated carbocycles. The quantitative estimate of drug-likeness (QED) is 0.804. The Morgan fingerprint density at radius 1 is 1.14 bits per heavy atom. The van der Waals surface area contributed by atoms with Crippen LogP contribution in [0, 0.1) is 5.82 Å². The van der Waals surface area contributed by atoms with Crippen molar-refractivity contribution in [2.24, 2.45) is 5.73 Å². The van der Waals surface area contributed by atoms with Crippen LogP contribution in [0.2, 0.25) is 0 Å². The van der Waals surface area contributed by atoms with Gasteiger partial charge in [0, 0.05) is 10.3 Å². The molecular formula is C16H14FNO2S. The SMILES string of the molecule is NC(CS(=O)c1cccc(F)c1)c1cc2ccccc2o1. The van der Waals surface area contributed by atoms with E-state index < -0.39 is 22.7 Å². The van der Waals surface area contributed by atoms with Gasteiger partial charge >= 0.3 is 0 Å². The highest BCUT2D eigenvalue weighted by Gasteiger charge is 2.16. The molecular weight excluding hydrogens is 289 g/mol. The van der Waals surface area contributed by atoms with Crippen molar-refractivity contribution in [3.8, 4) is 0 Å². The van der Waals surface area contributed by atoms with E-state index in [0.717, 1.165) is 11.0 Å². The van der Waals surface area contributed by atoms with Crippen LogP contribution in [0.5, 0.6) is 0 Å². The smallest absolute Gasteiger partial charge is 0.134 e. The van der Waals surface area contributed by atoms with E-state index >= 15 is 0 Å². The van der Waals surface area contributed by atoms with Crippen LogP contribution in [0.15, 0.2) is 63.9 Å². The summed E-state index contributed by atoms with van der Waals surface area (Å²) in [6.07, 6.45) is 0. The second-order valence-corrected chi connectivity index (χ2v) is 6.26. The molecule has 0 amide bonds. The van der Waals surface area contributed by atoms with Crippen molar-refractivity contribution < 1.29 is 13.0 Å². The standard InChI is InChI=1S/C16H14FNO2S/c17-12-5-3-6-13(9-12)21(19)10-14(18)16-8-11-4-1-2-7-15(11)20-16/h1-9,14H,10,18H2. The third-order valence-electron chi connectivity index (χ3n) is 3.20. The van der Waals surface area contributed by atoms with Crippen molar-refractivity contribution >= 4 is 21.8 Å². The molecule has 2 N–H and O–H groups in total. The molecule has 3 aromatic rings. The van der Waals surface area contributed by atoms with Gasteiger partial charge in [-0.25, -0.2) is 4.39 Å². The molecule has 3 rings (SSSR count). The van der Waals surface area contributed by atoms with Crippen molar-refractivity contribution in [1.29, 1.82) is 0 Å². The lowest BCUT2D eigenvalue weighted by atomic mass is 10.2. The van der Waals surface area contributed by atoms with Crippen LogP contribution < -0.4 is 5.73 Å². The topological polar surface area (TPSA) is 56.2 Å². The van der Waals surface area contributed by atoms with Gasteiger partial charge in [0.15, 0.2) is 0 Å². The summed E-state index contributed by atoms with van der Waals surface area (Å²) in [4.78, 5) is 0.432. The molecule has 2 unspecified atom stereocenters. The zero-order chi connectivity index (χ0) is 14.8. The van der Waals surface area contributed by atoms with Crippen molar-refractivity contribution in [2.45, 2.75) is 10.9 Å². The summed E-state index contributed by atoms with van der Waals surface area (Å²) >= 11 is 0. The summed E-state index contributed by atoms with van der Waals surface area (Å²) in [6.45, 7) is 0. The fraction of sp³-hybridized carbons (Fsp3) is 0.125. The number of para-hydroxylation sites is 1. The van der Waals surface area contributed by atoms with Gasteiger partial charge in [-0.1, -0.05) is 24.3 Å². The second-order valence-electron chi connectivity index (χ2n) is 4.76. The van der Waals surface area contributed by atoms with Crippen LogP contribution in [0.1, 0.15) is 11.8 Å². The maximum absolute atomic E-state index is 13.1. The molecule has 2 atom stereocenters. The Balaban J connectivity index is 1.79.